The summed E-state index contributed by atoms with van der Waals surface area (Å²) in [5.41, 5.74) is 5.82. The Hall–Kier alpha value is -1.70. The summed E-state index contributed by atoms with van der Waals surface area (Å²) < 4.78 is 0. The molecule has 1 unspecified atom stereocenters. The van der Waals surface area contributed by atoms with Gasteiger partial charge in [-0.1, -0.05) is 45.0 Å². The first kappa shape index (κ1) is 12.3. The average molecular weight is 252 g/mol. The maximum Gasteiger partial charge on any atom is 0.0537 e. The minimum absolute atomic E-state index is 0.179. The van der Waals surface area contributed by atoms with E-state index in [1.54, 1.807) is 0 Å². The van der Waals surface area contributed by atoms with E-state index in [1.807, 2.05) is 12.4 Å². The number of nitrogens with zero attached hydrogens (tertiary/aromatic N) is 2. The van der Waals surface area contributed by atoms with Crippen molar-refractivity contribution < 1.29 is 0 Å². The van der Waals surface area contributed by atoms with Crippen LogP contribution in [0.25, 0.3) is 0 Å². The van der Waals surface area contributed by atoms with Crippen molar-refractivity contribution in [1.29, 1.82) is 0 Å². The highest BCUT2D eigenvalue weighted by molar-refractivity contribution is 5.44. The van der Waals surface area contributed by atoms with Gasteiger partial charge in [-0.3, -0.25) is 0 Å². The van der Waals surface area contributed by atoms with Gasteiger partial charge in [0.05, 0.1) is 12.4 Å². The number of hydrogen-bond acceptors (Lipinski definition) is 2. The molecule has 2 heteroatoms. The van der Waals surface area contributed by atoms with E-state index in [9.17, 15) is 0 Å². The molecule has 2 aromatic rings. The third-order valence-corrected chi connectivity index (χ3v) is 4.05. The highest BCUT2D eigenvalue weighted by Crippen LogP contribution is 2.44. The van der Waals surface area contributed by atoms with Crippen LogP contribution >= 0.6 is 0 Å². The second-order valence-corrected chi connectivity index (χ2v) is 6.47. The zero-order valence-electron chi connectivity index (χ0n) is 11.9. The Morgan fingerprint density at radius 2 is 1.58 bits per heavy atom. The first-order valence-corrected chi connectivity index (χ1v) is 6.94. The Bertz CT molecular complexity index is 549. The minimum atomic E-state index is 0.179. The summed E-state index contributed by atoms with van der Waals surface area (Å²) in [6, 6.07) is 8.84. The Kier molecular flexibility index (Phi) is 2.89. The van der Waals surface area contributed by atoms with Crippen molar-refractivity contribution in [2.45, 2.75) is 39.5 Å². The van der Waals surface area contributed by atoms with Crippen molar-refractivity contribution in [1.82, 2.24) is 10.2 Å². The lowest BCUT2D eigenvalue weighted by Gasteiger charge is -2.32. The van der Waals surface area contributed by atoms with Crippen LogP contribution < -0.4 is 0 Å². The smallest absolute Gasteiger partial charge is 0.0537 e. The van der Waals surface area contributed by atoms with Gasteiger partial charge in [0.25, 0.3) is 0 Å². The highest BCUT2D eigenvalue weighted by atomic mass is 15.1. The van der Waals surface area contributed by atoms with Crippen molar-refractivity contribution in [2.75, 3.05) is 0 Å². The first-order valence-electron chi connectivity index (χ1n) is 6.94. The predicted octanol–water partition coefficient (Wildman–Crippen LogP) is 3.75. The van der Waals surface area contributed by atoms with Crippen molar-refractivity contribution in [2.24, 2.45) is 5.41 Å². The van der Waals surface area contributed by atoms with Gasteiger partial charge in [0.1, 0.15) is 0 Å². The maximum absolute atomic E-state index is 4.13. The fraction of sp³-hybridized carbons (Fsp3) is 0.412. The number of fused-ring (bicyclic) bond motifs is 2. The molecule has 2 nitrogen and oxygen atoms in total. The van der Waals surface area contributed by atoms with Gasteiger partial charge in [0, 0.05) is 5.92 Å². The van der Waals surface area contributed by atoms with E-state index in [2.05, 4.69) is 55.2 Å². The Morgan fingerprint density at radius 3 is 2.37 bits per heavy atom. The minimum Gasteiger partial charge on any atom is -0.159 e. The topological polar surface area (TPSA) is 25.8 Å². The summed E-state index contributed by atoms with van der Waals surface area (Å²) in [6.07, 6.45) is 6.07. The van der Waals surface area contributed by atoms with Crippen LogP contribution in [0.15, 0.2) is 36.7 Å². The van der Waals surface area contributed by atoms with Gasteiger partial charge in [-0.25, -0.2) is 0 Å². The molecule has 0 radical (unpaired) electrons. The molecule has 98 valence electrons. The van der Waals surface area contributed by atoms with Crippen LogP contribution in [0, 0.1) is 5.41 Å². The van der Waals surface area contributed by atoms with E-state index < -0.39 is 0 Å². The molecule has 1 heterocycles. The Labute approximate surface area is 114 Å². The van der Waals surface area contributed by atoms with Gasteiger partial charge in [-0.15, -0.1) is 0 Å². The van der Waals surface area contributed by atoms with Crippen LogP contribution in [0.2, 0.25) is 0 Å². The average Bonchev–Trinajstić information content (AvgIpc) is 2.54. The number of rotatable bonds is 0. The van der Waals surface area contributed by atoms with Gasteiger partial charge >= 0.3 is 0 Å². The molecule has 0 fully saturated rings. The monoisotopic (exact) mass is 252 g/mol. The number of aromatic nitrogens is 2. The third-order valence-electron chi connectivity index (χ3n) is 4.05. The molecule has 1 aliphatic rings. The molecule has 1 atom stereocenters. The molecular weight excluding hydrogens is 232 g/mol. The molecule has 1 aromatic carbocycles. The molecule has 3 rings (SSSR count). The van der Waals surface area contributed by atoms with Gasteiger partial charge in [0.2, 0.25) is 0 Å². The van der Waals surface area contributed by atoms with E-state index in [4.69, 9.17) is 0 Å². The number of benzene rings is 1. The SMILES string of the molecule is CC(C)(C)C1c2ccccc2CCc2cnncc21. The first-order chi connectivity index (χ1) is 9.07. The summed E-state index contributed by atoms with van der Waals surface area (Å²) >= 11 is 0. The fourth-order valence-electron chi connectivity index (χ4n) is 3.24. The van der Waals surface area contributed by atoms with Crippen molar-refractivity contribution in [3.8, 4) is 0 Å². The van der Waals surface area contributed by atoms with Gasteiger partial charge in [-0.2, -0.15) is 10.2 Å². The fourth-order valence-corrected chi connectivity index (χ4v) is 3.24. The lowest BCUT2D eigenvalue weighted by atomic mass is 9.72. The lowest BCUT2D eigenvalue weighted by Crippen LogP contribution is -2.21. The molecule has 1 aromatic heterocycles. The van der Waals surface area contributed by atoms with E-state index >= 15 is 0 Å². The molecule has 0 amide bonds. The largest absolute Gasteiger partial charge is 0.159 e. The standard InChI is InChI=1S/C17H20N2/c1-17(2,3)16-14-7-5-4-6-12(14)8-9-13-10-18-19-11-15(13)16/h4-7,10-11,16H,8-9H2,1-3H3. The van der Waals surface area contributed by atoms with E-state index in [-0.39, 0.29) is 5.41 Å². The van der Waals surface area contributed by atoms with Crippen LogP contribution in [-0.2, 0) is 12.8 Å². The maximum atomic E-state index is 4.13. The summed E-state index contributed by atoms with van der Waals surface area (Å²) in [5.74, 6) is 0.400. The summed E-state index contributed by atoms with van der Waals surface area (Å²) in [6.45, 7) is 6.93. The third kappa shape index (κ3) is 2.16. The number of aryl methyl sites for hydroxylation is 2. The molecule has 0 aliphatic heterocycles. The van der Waals surface area contributed by atoms with E-state index in [0.717, 1.165) is 12.8 Å². The Balaban J connectivity index is 2.25. The number of hydrogen-bond donors (Lipinski definition) is 0. The van der Waals surface area contributed by atoms with Gasteiger partial charge in [-0.05, 0) is 40.5 Å². The molecule has 1 aliphatic carbocycles. The normalized spacial score (nSPS) is 18.4. The quantitative estimate of drug-likeness (QED) is 0.713. The molecule has 0 spiro atoms. The van der Waals surface area contributed by atoms with Crippen molar-refractivity contribution in [3.63, 3.8) is 0 Å². The van der Waals surface area contributed by atoms with E-state index in [0.29, 0.717) is 5.92 Å². The summed E-state index contributed by atoms with van der Waals surface area (Å²) in [4.78, 5) is 0. The van der Waals surface area contributed by atoms with Crippen LogP contribution in [0.3, 0.4) is 0 Å². The predicted molar refractivity (Wildman–Crippen MR) is 77.2 cm³/mol. The van der Waals surface area contributed by atoms with Crippen LogP contribution in [0.5, 0.6) is 0 Å². The van der Waals surface area contributed by atoms with Gasteiger partial charge < -0.3 is 0 Å². The van der Waals surface area contributed by atoms with Crippen molar-refractivity contribution in [3.05, 3.63) is 58.9 Å². The molecule has 0 saturated heterocycles. The Morgan fingerprint density at radius 1 is 0.895 bits per heavy atom. The zero-order valence-corrected chi connectivity index (χ0v) is 11.9. The zero-order chi connectivity index (χ0) is 13.5. The van der Waals surface area contributed by atoms with Crippen LogP contribution in [0.1, 0.15) is 48.9 Å². The molecule has 19 heavy (non-hydrogen) atoms. The lowest BCUT2D eigenvalue weighted by molar-refractivity contribution is 0.356. The van der Waals surface area contributed by atoms with Crippen LogP contribution in [-0.4, -0.2) is 10.2 Å². The molecule has 0 saturated carbocycles. The van der Waals surface area contributed by atoms with Crippen LogP contribution in [0.4, 0.5) is 0 Å². The summed E-state index contributed by atoms with van der Waals surface area (Å²) in [5, 5.41) is 8.20. The highest BCUT2D eigenvalue weighted by Gasteiger charge is 2.32. The summed E-state index contributed by atoms with van der Waals surface area (Å²) in [7, 11) is 0. The molecule has 0 N–H and O–H groups in total. The van der Waals surface area contributed by atoms with Crippen molar-refractivity contribution >= 4 is 0 Å². The molecule has 0 bridgehead atoms. The van der Waals surface area contributed by atoms with E-state index in [1.165, 1.54) is 22.3 Å². The molecular formula is C17H20N2. The second-order valence-electron chi connectivity index (χ2n) is 6.47. The second kappa shape index (κ2) is 4.44. The van der Waals surface area contributed by atoms with Gasteiger partial charge in [0.15, 0.2) is 0 Å².